The fourth-order valence-electron chi connectivity index (χ4n) is 1.65. The molecule has 0 aliphatic rings. The normalized spacial score (nSPS) is 14.2. The Balaban J connectivity index is 2.82. The fraction of sp³-hybridized carbons (Fsp3) is 0.500. The number of aliphatic carboxylic acids is 1. The predicted molar refractivity (Wildman–Crippen MR) is 65.7 cm³/mol. The maximum absolute atomic E-state index is 12.4. The van der Waals surface area contributed by atoms with E-state index in [9.17, 15) is 18.0 Å². The van der Waals surface area contributed by atoms with Crippen molar-refractivity contribution in [3.05, 3.63) is 35.4 Å². The van der Waals surface area contributed by atoms with Gasteiger partial charge in [-0.05, 0) is 43.9 Å². The van der Waals surface area contributed by atoms with E-state index in [4.69, 9.17) is 5.11 Å². The van der Waals surface area contributed by atoms with Crippen molar-refractivity contribution in [2.45, 2.75) is 33.4 Å². The number of carbonyl (C=O) groups is 1. The van der Waals surface area contributed by atoms with E-state index in [1.807, 2.05) is 0 Å². The lowest BCUT2D eigenvalue weighted by Gasteiger charge is -2.27. The molecule has 1 N–H and O–H groups in total. The second-order valence-corrected chi connectivity index (χ2v) is 5.33. The average molecular weight is 274 g/mol. The Morgan fingerprint density at radius 1 is 1.21 bits per heavy atom. The summed E-state index contributed by atoms with van der Waals surface area (Å²) in [7, 11) is 0. The predicted octanol–water partition coefficient (Wildman–Crippen LogP) is 3.99. The third kappa shape index (κ3) is 3.72. The minimum absolute atomic E-state index is 0.179. The van der Waals surface area contributed by atoms with Crippen LogP contribution in [-0.2, 0) is 17.4 Å². The lowest BCUT2D eigenvalue weighted by molar-refractivity contribution is -0.149. The molecule has 1 aromatic rings. The second kappa shape index (κ2) is 5.23. The van der Waals surface area contributed by atoms with Gasteiger partial charge in [0.25, 0.3) is 0 Å². The third-order valence-electron chi connectivity index (χ3n) is 3.61. The molecule has 0 spiro atoms. The summed E-state index contributed by atoms with van der Waals surface area (Å²) >= 11 is 0. The summed E-state index contributed by atoms with van der Waals surface area (Å²) in [5.41, 5.74) is -0.904. The highest BCUT2D eigenvalue weighted by Crippen LogP contribution is 2.32. The van der Waals surface area contributed by atoms with Gasteiger partial charge in [-0.25, -0.2) is 0 Å². The van der Waals surface area contributed by atoms with Crippen molar-refractivity contribution in [3.63, 3.8) is 0 Å². The molecule has 0 aliphatic heterocycles. The standard InChI is InChI=1S/C14H17F3O2/c1-9(13(2,3)12(18)19)8-10-4-6-11(7-5-10)14(15,16)17/h4-7,9H,8H2,1-3H3,(H,18,19). The average Bonchev–Trinajstić information content (AvgIpc) is 2.28. The van der Waals surface area contributed by atoms with E-state index in [-0.39, 0.29) is 5.92 Å². The minimum atomic E-state index is -4.34. The second-order valence-electron chi connectivity index (χ2n) is 5.33. The molecule has 1 atom stereocenters. The first-order valence-electron chi connectivity index (χ1n) is 5.94. The molecule has 0 aromatic heterocycles. The molecule has 1 aromatic carbocycles. The van der Waals surface area contributed by atoms with Gasteiger partial charge in [0.1, 0.15) is 0 Å². The van der Waals surface area contributed by atoms with Gasteiger partial charge in [0.05, 0.1) is 11.0 Å². The van der Waals surface area contributed by atoms with Crippen molar-refractivity contribution >= 4 is 5.97 Å². The highest BCUT2D eigenvalue weighted by atomic mass is 19.4. The molecule has 1 unspecified atom stereocenters. The maximum atomic E-state index is 12.4. The van der Waals surface area contributed by atoms with Crippen molar-refractivity contribution in [2.75, 3.05) is 0 Å². The number of carboxylic acid groups (broad SMARTS) is 1. The molecule has 1 rings (SSSR count). The summed E-state index contributed by atoms with van der Waals surface area (Å²) in [5, 5.41) is 9.09. The molecule has 0 fully saturated rings. The SMILES string of the molecule is CC(Cc1ccc(C(F)(F)F)cc1)C(C)(C)C(=O)O. The summed E-state index contributed by atoms with van der Waals surface area (Å²) in [6, 6.07) is 4.85. The number of hydrogen-bond donors (Lipinski definition) is 1. The number of benzene rings is 1. The van der Waals surface area contributed by atoms with Gasteiger partial charge < -0.3 is 5.11 Å². The van der Waals surface area contributed by atoms with Crippen molar-refractivity contribution < 1.29 is 23.1 Å². The molecular formula is C14H17F3O2. The van der Waals surface area contributed by atoms with E-state index < -0.39 is 23.1 Å². The van der Waals surface area contributed by atoms with E-state index in [0.717, 1.165) is 12.1 Å². The highest BCUT2D eigenvalue weighted by Gasteiger charge is 2.34. The molecule has 106 valence electrons. The van der Waals surface area contributed by atoms with Gasteiger partial charge in [-0.15, -0.1) is 0 Å². The van der Waals surface area contributed by atoms with Crippen LogP contribution in [0.1, 0.15) is 31.9 Å². The summed E-state index contributed by atoms with van der Waals surface area (Å²) in [5.74, 6) is -1.09. The highest BCUT2D eigenvalue weighted by molar-refractivity contribution is 5.74. The quantitative estimate of drug-likeness (QED) is 0.901. The summed E-state index contributed by atoms with van der Waals surface area (Å²) in [4.78, 5) is 11.1. The zero-order valence-electron chi connectivity index (χ0n) is 11.1. The van der Waals surface area contributed by atoms with Gasteiger partial charge >= 0.3 is 12.1 Å². The van der Waals surface area contributed by atoms with E-state index >= 15 is 0 Å². The topological polar surface area (TPSA) is 37.3 Å². The monoisotopic (exact) mass is 274 g/mol. The van der Waals surface area contributed by atoms with Crippen LogP contribution in [0.2, 0.25) is 0 Å². The molecule has 0 saturated carbocycles. The van der Waals surface area contributed by atoms with Crippen LogP contribution in [0.5, 0.6) is 0 Å². The molecule has 0 aliphatic carbocycles. The van der Waals surface area contributed by atoms with Gasteiger partial charge in [-0.3, -0.25) is 4.79 Å². The Hall–Kier alpha value is -1.52. The van der Waals surface area contributed by atoms with Crippen LogP contribution in [0.15, 0.2) is 24.3 Å². The first-order chi connectivity index (χ1) is 8.55. The number of carboxylic acids is 1. The Bertz CT molecular complexity index is 447. The van der Waals surface area contributed by atoms with E-state index in [1.54, 1.807) is 20.8 Å². The summed E-state index contributed by atoms with van der Waals surface area (Å²) < 4.78 is 37.2. The van der Waals surface area contributed by atoms with Gasteiger partial charge in [-0.1, -0.05) is 19.1 Å². The molecule has 0 radical (unpaired) electrons. The van der Waals surface area contributed by atoms with Crippen LogP contribution < -0.4 is 0 Å². The molecule has 5 heteroatoms. The van der Waals surface area contributed by atoms with Crippen LogP contribution in [0, 0.1) is 11.3 Å². The van der Waals surface area contributed by atoms with Gasteiger partial charge in [0.2, 0.25) is 0 Å². The maximum Gasteiger partial charge on any atom is 0.416 e. The molecule has 19 heavy (non-hydrogen) atoms. The lowest BCUT2D eigenvalue weighted by atomic mass is 9.77. The van der Waals surface area contributed by atoms with Gasteiger partial charge in [0, 0.05) is 0 Å². The van der Waals surface area contributed by atoms with Crippen LogP contribution in [0.3, 0.4) is 0 Å². The molecule has 0 bridgehead atoms. The Morgan fingerprint density at radius 2 is 1.68 bits per heavy atom. The van der Waals surface area contributed by atoms with Crippen LogP contribution in [-0.4, -0.2) is 11.1 Å². The number of halogens is 3. The molecular weight excluding hydrogens is 257 g/mol. The first-order valence-corrected chi connectivity index (χ1v) is 5.94. The fourth-order valence-corrected chi connectivity index (χ4v) is 1.65. The van der Waals surface area contributed by atoms with Crippen LogP contribution >= 0.6 is 0 Å². The molecule has 2 nitrogen and oxygen atoms in total. The van der Waals surface area contributed by atoms with E-state index in [0.29, 0.717) is 12.0 Å². The molecule has 0 saturated heterocycles. The third-order valence-corrected chi connectivity index (χ3v) is 3.61. The summed E-state index contributed by atoms with van der Waals surface area (Å²) in [6.45, 7) is 5.01. The Kier molecular flexibility index (Phi) is 4.28. The van der Waals surface area contributed by atoms with Crippen molar-refractivity contribution in [1.29, 1.82) is 0 Å². The smallest absolute Gasteiger partial charge is 0.416 e. The van der Waals surface area contributed by atoms with Crippen molar-refractivity contribution in [3.8, 4) is 0 Å². The van der Waals surface area contributed by atoms with Crippen LogP contribution in [0.4, 0.5) is 13.2 Å². The Labute approximate surface area is 110 Å². The Morgan fingerprint density at radius 3 is 2.05 bits per heavy atom. The zero-order chi connectivity index (χ0) is 14.8. The molecule has 0 amide bonds. The van der Waals surface area contributed by atoms with Crippen LogP contribution in [0.25, 0.3) is 0 Å². The largest absolute Gasteiger partial charge is 0.481 e. The zero-order valence-corrected chi connectivity index (χ0v) is 11.1. The van der Waals surface area contributed by atoms with E-state index in [1.165, 1.54) is 12.1 Å². The van der Waals surface area contributed by atoms with Gasteiger partial charge in [0.15, 0.2) is 0 Å². The van der Waals surface area contributed by atoms with Crippen molar-refractivity contribution in [1.82, 2.24) is 0 Å². The summed E-state index contributed by atoms with van der Waals surface area (Å²) in [6.07, 6.45) is -3.91. The number of alkyl halides is 3. The molecule has 0 heterocycles. The minimum Gasteiger partial charge on any atom is -0.481 e. The van der Waals surface area contributed by atoms with E-state index in [2.05, 4.69) is 0 Å². The van der Waals surface area contributed by atoms with Crippen molar-refractivity contribution in [2.24, 2.45) is 11.3 Å². The van der Waals surface area contributed by atoms with Gasteiger partial charge in [-0.2, -0.15) is 13.2 Å². The lowest BCUT2D eigenvalue weighted by Crippen LogP contribution is -2.32. The number of rotatable bonds is 4. The number of hydrogen-bond acceptors (Lipinski definition) is 1. The first kappa shape index (κ1) is 15.5.